The van der Waals surface area contributed by atoms with Crippen molar-refractivity contribution in [2.45, 2.75) is 39.2 Å². The fourth-order valence-corrected chi connectivity index (χ4v) is 1.40. The first-order valence-electron chi connectivity index (χ1n) is 5.54. The summed E-state index contributed by atoms with van der Waals surface area (Å²) in [5.41, 5.74) is 0. The Morgan fingerprint density at radius 2 is 2.00 bits per heavy atom. The van der Waals surface area contributed by atoms with Crippen LogP contribution in [0.4, 0.5) is 0 Å². The zero-order valence-electron chi connectivity index (χ0n) is 9.75. The number of aliphatic hydroxyl groups is 1. The van der Waals surface area contributed by atoms with Crippen LogP contribution in [0, 0.1) is 5.92 Å². The zero-order chi connectivity index (χ0) is 10.8. The van der Waals surface area contributed by atoms with Crippen LogP contribution in [0.5, 0.6) is 0 Å². The maximum Gasteiger partial charge on any atom is 0.0554 e. The second-order valence-corrected chi connectivity index (χ2v) is 4.17. The molecule has 2 N–H and O–H groups in total. The van der Waals surface area contributed by atoms with Gasteiger partial charge in [0.05, 0.1) is 6.10 Å². The van der Waals surface area contributed by atoms with Gasteiger partial charge in [-0.1, -0.05) is 13.8 Å². The molecule has 0 saturated carbocycles. The molecule has 0 spiro atoms. The van der Waals surface area contributed by atoms with Crippen molar-refractivity contribution >= 4 is 0 Å². The van der Waals surface area contributed by atoms with E-state index in [4.69, 9.17) is 4.74 Å². The summed E-state index contributed by atoms with van der Waals surface area (Å²) in [4.78, 5) is 0. The van der Waals surface area contributed by atoms with Gasteiger partial charge in [-0.2, -0.15) is 0 Å². The highest BCUT2D eigenvalue weighted by molar-refractivity contribution is 4.60. The third kappa shape index (κ3) is 9.96. The van der Waals surface area contributed by atoms with Crippen LogP contribution in [0.3, 0.4) is 0 Å². The van der Waals surface area contributed by atoms with Crippen molar-refractivity contribution in [1.29, 1.82) is 0 Å². The monoisotopic (exact) mass is 203 g/mol. The first-order valence-corrected chi connectivity index (χ1v) is 5.54. The number of aliphatic hydroxyl groups excluding tert-OH is 1. The summed E-state index contributed by atoms with van der Waals surface area (Å²) >= 11 is 0. The minimum absolute atomic E-state index is 0.148. The van der Waals surface area contributed by atoms with Gasteiger partial charge in [-0.15, -0.1) is 0 Å². The van der Waals surface area contributed by atoms with Gasteiger partial charge in [-0.3, -0.25) is 0 Å². The van der Waals surface area contributed by atoms with E-state index in [0.717, 1.165) is 39.0 Å². The molecule has 0 radical (unpaired) electrons. The van der Waals surface area contributed by atoms with E-state index in [1.165, 1.54) is 0 Å². The van der Waals surface area contributed by atoms with Crippen LogP contribution in [0.25, 0.3) is 0 Å². The van der Waals surface area contributed by atoms with Crippen molar-refractivity contribution in [1.82, 2.24) is 5.32 Å². The van der Waals surface area contributed by atoms with E-state index < -0.39 is 0 Å². The molecule has 0 saturated heterocycles. The van der Waals surface area contributed by atoms with Gasteiger partial charge in [0.1, 0.15) is 0 Å². The minimum Gasteiger partial charge on any atom is -0.393 e. The van der Waals surface area contributed by atoms with Crippen molar-refractivity contribution in [3.63, 3.8) is 0 Å². The molecule has 0 amide bonds. The first kappa shape index (κ1) is 13.9. The van der Waals surface area contributed by atoms with E-state index >= 15 is 0 Å². The number of rotatable bonds is 9. The molecule has 3 heteroatoms. The largest absolute Gasteiger partial charge is 0.393 e. The van der Waals surface area contributed by atoms with Crippen molar-refractivity contribution < 1.29 is 9.84 Å². The van der Waals surface area contributed by atoms with Crippen LogP contribution < -0.4 is 5.32 Å². The van der Waals surface area contributed by atoms with Gasteiger partial charge < -0.3 is 15.2 Å². The van der Waals surface area contributed by atoms with Crippen molar-refractivity contribution in [3.8, 4) is 0 Å². The summed E-state index contributed by atoms with van der Waals surface area (Å²) in [5.74, 6) is 0.582. The fraction of sp³-hybridized carbons (Fsp3) is 1.00. The van der Waals surface area contributed by atoms with E-state index in [0.29, 0.717) is 5.92 Å². The maximum atomic E-state index is 9.56. The van der Waals surface area contributed by atoms with E-state index in [1.54, 1.807) is 7.11 Å². The molecule has 0 bridgehead atoms. The van der Waals surface area contributed by atoms with Gasteiger partial charge in [-0.25, -0.2) is 0 Å². The molecule has 0 aromatic heterocycles. The highest BCUT2D eigenvalue weighted by Crippen LogP contribution is 2.06. The first-order chi connectivity index (χ1) is 6.66. The summed E-state index contributed by atoms with van der Waals surface area (Å²) in [6.07, 6.45) is 2.65. The molecular formula is C11H25NO2. The second-order valence-electron chi connectivity index (χ2n) is 4.17. The molecule has 14 heavy (non-hydrogen) atoms. The normalized spacial score (nSPS) is 13.5. The topological polar surface area (TPSA) is 41.5 Å². The number of nitrogens with one attached hydrogen (secondary N) is 1. The van der Waals surface area contributed by atoms with Crippen LogP contribution in [0.15, 0.2) is 0 Å². The molecule has 0 aliphatic heterocycles. The fourth-order valence-electron chi connectivity index (χ4n) is 1.40. The molecule has 3 nitrogen and oxygen atoms in total. The third-order valence-corrected chi connectivity index (χ3v) is 2.10. The molecule has 0 aliphatic carbocycles. The lowest BCUT2D eigenvalue weighted by molar-refractivity contribution is 0.138. The molecular weight excluding hydrogens is 178 g/mol. The molecule has 1 atom stereocenters. The zero-order valence-corrected chi connectivity index (χ0v) is 9.75. The third-order valence-electron chi connectivity index (χ3n) is 2.10. The summed E-state index contributed by atoms with van der Waals surface area (Å²) in [5, 5.41) is 12.8. The Balaban J connectivity index is 3.10. The Labute approximate surface area is 87.8 Å². The molecule has 0 aliphatic rings. The van der Waals surface area contributed by atoms with E-state index in [1.807, 2.05) is 0 Å². The summed E-state index contributed by atoms with van der Waals surface area (Å²) in [6.45, 7) is 6.95. The summed E-state index contributed by atoms with van der Waals surface area (Å²) in [7, 11) is 1.71. The highest BCUT2D eigenvalue weighted by atomic mass is 16.5. The van der Waals surface area contributed by atoms with Crippen LogP contribution in [0.2, 0.25) is 0 Å². The predicted octanol–water partition coefficient (Wildman–Crippen LogP) is 1.41. The standard InChI is InChI=1S/C11H25NO2/c1-10(2)9-11(13)5-7-12-6-4-8-14-3/h10-13H,4-9H2,1-3H3. The molecule has 0 aromatic carbocycles. The SMILES string of the molecule is COCCCNCCC(O)CC(C)C. The number of methoxy groups -OCH3 is 1. The smallest absolute Gasteiger partial charge is 0.0554 e. The molecule has 86 valence electrons. The van der Waals surface area contributed by atoms with Crippen LogP contribution >= 0.6 is 0 Å². The van der Waals surface area contributed by atoms with Gasteiger partial charge in [0.15, 0.2) is 0 Å². The Bertz CT molecular complexity index is 118. The van der Waals surface area contributed by atoms with Crippen LogP contribution in [0.1, 0.15) is 33.1 Å². The van der Waals surface area contributed by atoms with Gasteiger partial charge in [-0.05, 0) is 38.3 Å². The molecule has 0 aromatic rings. The Kier molecular flexibility index (Phi) is 9.35. The number of ether oxygens (including phenoxy) is 1. The second kappa shape index (κ2) is 9.44. The van der Waals surface area contributed by atoms with E-state index in [9.17, 15) is 5.11 Å². The lowest BCUT2D eigenvalue weighted by atomic mass is 10.0. The van der Waals surface area contributed by atoms with Crippen molar-refractivity contribution in [2.75, 3.05) is 26.8 Å². The lowest BCUT2D eigenvalue weighted by Crippen LogP contribution is -2.23. The van der Waals surface area contributed by atoms with Gasteiger partial charge >= 0.3 is 0 Å². The average Bonchev–Trinajstić information content (AvgIpc) is 2.10. The number of hydrogen-bond acceptors (Lipinski definition) is 3. The van der Waals surface area contributed by atoms with Gasteiger partial charge in [0, 0.05) is 13.7 Å². The average molecular weight is 203 g/mol. The Morgan fingerprint density at radius 1 is 1.29 bits per heavy atom. The predicted molar refractivity (Wildman–Crippen MR) is 59.4 cm³/mol. The highest BCUT2D eigenvalue weighted by Gasteiger charge is 2.05. The lowest BCUT2D eigenvalue weighted by Gasteiger charge is -2.13. The molecule has 0 rings (SSSR count). The summed E-state index contributed by atoms with van der Waals surface area (Å²) in [6, 6.07) is 0. The van der Waals surface area contributed by atoms with Gasteiger partial charge in [0.2, 0.25) is 0 Å². The minimum atomic E-state index is -0.148. The van der Waals surface area contributed by atoms with Crippen LogP contribution in [-0.2, 0) is 4.74 Å². The Hall–Kier alpha value is -0.120. The molecule has 0 fully saturated rings. The van der Waals surface area contributed by atoms with E-state index in [-0.39, 0.29) is 6.10 Å². The van der Waals surface area contributed by atoms with E-state index in [2.05, 4.69) is 19.2 Å². The number of hydrogen-bond donors (Lipinski definition) is 2. The molecule has 1 unspecified atom stereocenters. The summed E-state index contributed by atoms with van der Waals surface area (Å²) < 4.78 is 4.93. The molecule has 0 heterocycles. The quantitative estimate of drug-likeness (QED) is 0.557. The maximum absolute atomic E-state index is 9.56. The van der Waals surface area contributed by atoms with Crippen molar-refractivity contribution in [2.24, 2.45) is 5.92 Å². The van der Waals surface area contributed by atoms with Gasteiger partial charge in [0.25, 0.3) is 0 Å². The Morgan fingerprint density at radius 3 is 2.57 bits per heavy atom. The van der Waals surface area contributed by atoms with Crippen molar-refractivity contribution in [3.05, 3.63) is 0 Å². The van der Waals surface area contributed by atoms with Crippen LogP contribution in [-0.4, -0.2) is 38.0 Å².